The Bertz CT molecular complexity index is 258. The van der Waals surface area contributed by atoms with Crippen molar-refractivity contribution in [3.8, 4) is 0 Å². The number of aliphatic hydroxyl groups is 1. The van der Waals surface area contributed by atoms with Crippen LogP contribution in [-0.2, 0) is 4.79 Å². The molecule has 0 saturated carbocycles. The molecule has 0 aliphatic carbocycles. The van der Waals surface area contributed by atoms with Crippen LogP contribution in [0, 0.1) is 5.92 Å². The molecular weight excluding hydrogens is 278 g/mol. The van der Waals surface area contributed by atoms with Crippen LogP contribution >= 0.6 is 21.6 Å². The molecule has 3 nitrogen and oxygen atoms in total. The minimum Gasteiger partial charge on any atom is -0.394 e. The molecule has 1 fully saturated rings. The Labute approximate surface area is 125 Å². The lowest BCUT2D eigenvalue weighted by Crippen LogP contribution is -2.41. The highest BCUT2D eigenvalue weighted by atomic mass is 33.1. The second-order valence-electron chi connectivity index (χ2n) is 5.32. The number of hydrogen-bond donors (Lipinski definition) is 2. The molecule has 2 N–H and O–H groups in total. The van der Waals surface area contributed by atoms with Crippen LogP contribution in [0.5, 0.6) is 0 Å². The monoisotopic (exact) mass is 305 g/mol. The fourth-order valence-corrected chi connectivity index (χ4v) is 5.18. The number of amides is 1. The van der Waals surface area contributed by atoms with Gasteiger partial charge in [-0.1, -0.05) is 48.3 Å². The summed E-state index contributed by atoms with van der Waals surface area (Å²) in [5.41, 5.74) is 0. The van der Waals surface area contributed by atoms with Crippen LogP contribution in [0.4, 0.5) is 0 Å². The molecule has 0 unspecified atom stereocenters. The second-order valence-corrected chi connectivity index (χ2v) is 8.10. The number of hydrogen-bond acceptors (Lipinski definition) is 4. The first-order valence-electron chi connectivity index (χ1n) is 7.35. The fraction of sp³-hybridized carbons (Fsp3) is 0.929. The molecule has 0 radical (unpaired) electrons. The highest BCUT2D eigenvalue weighted by molar-refractivity contribution is 8.77. The van der Waals surface area contributed by atoms with Crippen LogP contribution in [0.1, 0.15) is 52.4 Å². The fourth-order valence-electron chi connectivity index (χ4n) is 2.15. The Morgan fingerprint density at radius 1 is 1.47 bits per heavy atom. The van der Waals surface area contributed by atoms with Gasteiger partial charge in [-0.25, -0.2) is 0 Å². The predicted molar refractivity (Wildman–Crippen MR) is 85.4 cm³/mol. The Balaban J connectivity index is 2.09. The largest absolute Gasteiger partial charge is 0.394 e. The van der Waals surface area contributed by atoms with E-state index in [4.69, 9.17) is 0 Å². The summed E-state index contributed by atoms with van der Waals surface area (Å²) < 4.78 is 0. The van der Waals surface area contributed by atoms with E-state index >= 15 is 0 Å². The number of rotatable bonds is 9. The van der Waals surface area contributed by atoms with E-state index < -0.39 is 0 Å². The van der Waals surface area contributed by atoms with Gasteiger partial charge in [-0.15, -0.1) is 0 Å². The standard InChI is InChI=1S/C14H27NO2S2/c1-3-11(2)13(10-16)15-14(17)7-5-4-6-12-8-9-18-19-12/h11-13,16H,3-10H2,1-2H3,(H,15,17)/t11-,12-,13-/m1/s1. The molecule has 0 aromatic rings. The highest BCUT2D eigenvalue weighted by Gasteiger charge is 2.18. The minimum absolute atomic E-state index is 0.0384. The average molecular weight is 306 g/mol. The maximum Gasteiger partial charge on any atom is 0.220 e. The van der Waals surface area contributed by atoms with Crippen molar-refractivity contribution >= 4 is 27.5 Å². The van der Waals surface area contributed by atoms with E-state index in [2.05, 4.69) is 19.2 Å². The average Bonchev–Trinajstić information content (AvgIpc) is 2.93. The van der Waals surface area contributed by atoms with Gasteiger partial charge in [0, 0.05) is 17.4 Å². The second kappa shape index (κ2) is 9.94. The smallest absolute Gasteiger partial charge is 0.220 e. The first-order valence-corrected chi connectivity index (χ1v) is 9.74. The molecule has 1 aliphatic rings. The molecule has 1 rings (SSSR count). The first-order chi connectivity index (χ1) is 9.17. The van der Waals surface area contributed by atoms with Crippen LogP contribution in [-0.4, -0.2) is 34.7 Å². The predicted octanol–water partition coefficient (Wildman–Crippen LogP) is 3.22. The van der Waals surface area contributed by atoms with Crippen LogP contribution in [0.3, 0.4) is 0 Å². The van der Waals surface area contributed by atoms with Gasteiger partial charge in [-0.3, -0.25) is 4.79 Å². The summed E-state index contributed by atoms with van der Waals surface area (Å²) >= 11 is 0. The number of unbranched alkanes of at least 4 members (excludes halogenated alkanes) is 1. The Kier molecular flexibility index (Phi) is 8.99. The van der Waals surface area contributed by atoms with Crippen molar-refractivity contribution in [3.05, 3.63) is 0 Å². The maximum atomic E-state index is 11.8. The van der Waals surface area contributed by atoms with Gasteiger partial charge in [0.15, 0.2) is 0 Å². The van der Waals surface area contributed by atoms with Gasteiger partial charge in [0.05, 0.1) is 12.6 Å². The summed E-state index contributed by atoms with van der Waals surface area (Å²) in [6.07, 6.45) is 6.23. The van der Waals surface area contributed by atoms with Crippen molar-refractivity contribution in [1.82, 2.24) is 5.32 Å². The van der Waals surface area contributed by atoms with Crippen molar-refractivity contribution in [3.63, 3.8) is 0 Å². The van der Waals surface area contributed by atoms with Gasteiger partial charge in [0.2, 0.25) is 5.91 Å². The van der Waals surface area contributed by atoms with Crippen molar-refractivity contribution in [2.75, 3.05) is 12.4 Å². The van der Waals surface area contributed by atoms with Gasteiger partial charge in [0.25, 0.3) is 0 Å². The summed E-state index contributed by atoms with van der Waals surface area (Å²) in [6.45, 7) is 4.18. The molecule has 19 heavy (non-hydrogen) atoms. The zero-order chi connectivity index (χ0) is 14.1. The van der Waals surface area contributed by atoms with Crippen LogP contribution in [0.2, 0.25) is 0 Å². The third-order valence-electron chi connectivity index (χ3n) is 3.78. The van der Waals surface area contributed by atoms with Gasteiger partial charge >= 0.3 is 0 Å². The van der Waals surface area contributed by atoms with Crippen molar-refractivity contribution in [1.29, 1.82) is 0 Å². The molecule has 5 heteroatoms. The molecular formula is C14H27NO2S2. The normalized spacial score (nSPS) is 22.2. The van der Waals surface area contributed by atoms with Gasteiger partial charge in [-0.05, 0) is 25.2 Å². The van der Waals surface area contributed by atoms with Crippen LogP contribution in [0.15, 0.2) is 0 Å². The van der Waals surface area contributed by atoms with Crippen LogP contribution in [0.25, 0.3) is 0 Å². The Hall–Kier alpha value is 0.130. The van der Waals surface area contributed by atoms with E-state index in [1.165, 1.54) is 18.6 Å². The topological polar surface area (TPSA) is 49.3 Å². The highest BCUT2D eigenvalue weighted by Crippen LogP contribution is 2.39. The Morgan fingerprint density at radius 3 is 2.84 bits per heavy atom. The number of aliphatic hydroxyl groups excluding tert-OH is 1. The van der Waals surface area contributed by atoms with Crippen molar-refractivity contribution in [2.24, 2.45) is 5.92 Å². The first kappa shape index (κ1) is 17.2. The lowest BCUT2D eigenvalue weighted by atomic mass is 9.99. The Morgan fingerprint density at radius 2 is 2.26 bits per heavy atom. The van der Waals surface area contributed by atoms with E-state index in [1.807, 2.05) is 21.6 Å². The van der Waals surface area contributed by atoms with Crippen LogP contribution < -0.4 is 5.32 Å². The minimum atomic E-state index is -0.0840. The molecule has 112 valence electrons. The van der Waals surface area contributed by atoms with Crippen molar-refractivity contribution in [2.45, 2.75) is 63.7 Å². The van der Waals surface area contributed by atoms with E-state index in [0.717, 1.165) is 24.5 Å². The lowest BCUT2D eigenvalue weighted by molar-refractivity contribution is -0.122. The molecule has 0 spiro atoms. The van der Waals surface area contributed by atoms with Crippen molar-refractivity contribution < 1.29 is 9.90 Å². The number of nitrogens with one attached hydrogen (secondary N) is 1. The number of carbonyl (C=O) groups excluding carboxylic acids is 1. The summed E-state index contributed by atoms with van der Waals surface area (Å²) in [5, 5.41) is 13.0. The SMILES string of the molecule is CC[C@@H](C)[C@@H](CO)NC(=O)CCCC[C@@H]1CCSS1. The summed E-state index contributed by atoms with van der Waals surface area (Å²) in [5.74, 6) is 1.71. The van der Waals surface area contributed by atoms with E-state index in [0.29, 0.717) is 12.3 Å². The van der Waals surface area contributed by atoms with Gasteiger partial charge in [0.1, 0.15) is 0 Å². The lowest BCUT2D eigenvalue weighted by Gasteiger charge is -2.22. The van der Waals surface area contributed by atoms with E-state index in [1.54, 1.807) is 0 Å². The van der Waals surface area contributed by atoms with E-state index in [9.17, 15) is 9.90 Å². The molecule has 3 atom stereocenters. The molecule has 1 amide bonds. The molecule has 0 aromatic carbocycles. The molecule has 1 saturated heterocycles. The quantitative estimate of drug-likeness (QED) is 0.507. The summed E-state index contributed by atoms with van der Waals surface area (Å²) in [7, 11) is 3.98. The van der Waals surface area contributed by atoms with Gasteiger partial charge < -0.3 is 10.4 Å². The molecule has 1 heterocycles. The van der Waals surface area contributed by atoms with E-state index in [-0.39, 0.29) is 18.6 Å². The molecule has 0 bridgehead atoms. The zero-order valence-electron chi connectivity index (χ0n) is 12.1. The molecule has 0 aromatic heterocycles. The summed E-state index contributed by atoms with van der Waals surface area (Å²) in [6, 6.07) is -0.0840. The van der Waals surface area contributed by atoms with Gasteiger partial charge in [-0.2, -0.15) is 0 Å². The molecule has 1 aliphatic heterocycles. The zero-order valence-corrected chi connectivity index (χ0v) is 13.7. The number of carbonyl (C=O) groups is 1. The summed E-state index contributed by atoms with van der Waals surface area (Å²) in [4.78, 5) is 11.8. The third-order valence-corrected chi connectivity index (χ3v) is 6.79. The maximum absolute atomic E-state index is 11.8. The third kappa shape index (κ3) is 6.91.